The van der Waals surface area contributed by atoms with Crippen LogP contribution in [-0.4, -0.2) is 22.8 Å². The SMILES string of the molecule is O=C(O)C1(F)CCCCC1OCc1ccccc1. The average Bonchev–Trinajstić information content (AvgIpc) is 2.39. The van der Waals surface area contributed by atoms with E-state index in [2.05, 4.69) is 0 Å². The number of halogens is 1. The van der Waals surface area contributed by atoms with Crippen LogP contribution in [-0.2, 0) is 16.1 Å². The van der Waals surface area contributed by atoms with Crippen molar-refractivity contribution in [2.45, 2.75) is 44.1 Å². The van der Waals surface area contributed by atoms with Gasteiger partial charge in [-0.2, -0.15) is 0 Å². The van der Waals surface area contributed by atoms with Gasteiger partial charge in [-0.3, -0.25) is 0 Å². The maximum atomic E-state index is 14.3. The zero-order chi connectivity index (χ0) is 13.0. The Labute approximate surface area is 106 Å². The van der Waals surface area contributed by atoms with E-state index in [1.807, 2.05) is 30.3 Å². The van der Waals surface area contributed by atoms with Crippen molar-refractivity contribution in [2.24, 2.45) is 0 Å². The molecular weight excluding hydrogens is 235 g/mol. The van der Waals surface area contributed by atoms with E-state index in [4.69, 9.17) is 9.84 Å². The van der Waals surface area contributed by atoms with E-state index in [1.54, 1.807) is 0 Å². The lowest BCUT2D eigenvalue weighted by atomic mass is 9.83. The maximum absolute atomic E-state index is 14.3. The maximum Gasteiger partial charge on any atom is 0.344 e. The van der Waals surface area contributed by atoms with Crippen LogP contribution in [0.3, 0.4) is 0 Å². The highest BCUT2D eigenvalue weighted by Crippen LogP contribution is 2.35. The molecule has 98 valence electrons. The highest BCUT2D eigenvalue weighted by molar-refractivity contribution is 5.78. The third-order valence-electron chi connectivity index (χ3n) is 3.42. The number of alkyl halides is 1. The molecule has 1 aromatic carbocycles. The molecule has 0 bridgehead atoms. The number of hydrogen-bond donors (Lipinski definition) is 1. The predicted octanol–water partition coefficient (Wildman–Crippen LogP) is 2.94. The molecule has 4 heteroatoms. The molecule has 0 saturated heterocycles. The molecule has 2 unspecified atom stereocenters. The number of aliphatic carboxylic acids is 1. The summed E-state index contributed by atoms with van der Waals surface area (Å²) in [4.78, 5) is 11.0. The van der Waals surface area contributed by atoms with E-state index >= 15 is 0 Å². The number of hydrogen-bond acceptors (Lipinski definition) is 2. The molecule has 0 amide bonds. The van der Waals surface area contributed by atoms with E-state index in [9.17, 15) is 9.18 Å². The van der Waals surface area contributed by atoms with Crippen molar-refractivity contribution < 1.29 is 19.0 Å². The second-order valence-corrected chi connectivity index (χ2v) is 4.70. The minimum absolute atomic E-state index is 0.0434. The van der Waals surface area contributed by atoms with Crippen LogP contribution >= 0.6 is 0 Å². The van der Waals surface area contributed by atoms with Gasteiger partial charge in [0.2, 0.25) is 5.67 Å². The van der Waals surface area contributed by atoms with Crippen molar-refractivity contribution in [3.05, 3.63) is 35.9 Å². The molecule has 2 atom stereocenters. The van der Waals surface area contributed by atoms with Gasteiger partial charge in [0.25, 0.3) is 0 Å². The van der Waals surface area contributed by atoms with Gasteiger partial charge in [-0.25, -0.2) is 9.18 Å². The molecule has 0 spiro atoms. The van der Waals surface area contributed by atoms with E-state index in [-0.39, 0.29) is 13.0 Å². The first-order chi connectivity index (χ1) is 8.63. The number of carbonyl (C=O) groups is 1. The number of rotatable bonds is 4. The molecule has 0 heterocycles. The van der Waals surface area contributed by atoms with Gasteiger partial charge in [-0.15, -0.1) is 0 Å². The summed E-state index contributed by atoms with van der Waals surface area (Å²) in [6.07, 6.45) is 1.09. The van der Waals surface area contributed by atoms with Crippen LogP contribution in [0.15, 0.2) is 30.3 Å². The van der Waals surface area contributed by atoms with Gasteiger partial charge >= 0.3 is 5.97 Å². The van der Waals surface area contributed by atoms with Crippen LogP contribution in [0.25, 0.3) is 0 Å². The highest BCUT2D eigenvalue weighted by Gasteiger charge is 2.48. The summed E-state index contributed by atoms with van der Waals surface area (Å²) in [6.45, 7) is 0.254. The first kappa shape index (κ1) is 13.0. The smallest absolute Gasteiger partial charge is 0.344 e. The highest BCUT2D eigenvalue weighted by atomic mass is 19.1. The first-order valence-corrected chi connectivity index (χ1v) is 6.21. The number of ether oxygens (including phenoxy) is 1. The van der Waals surface area contributed by atoms with Crippen LogP contribution in [0, 0.1) is 0 Å². The normalized spacial score (nSPS) is 27.9. The second-order valence-electron chi connectivity index (χ2n) is 4.70. The number of benzene rings is 1. The Balaban J connectivity index is 2.00. The molecule has 1 aliphatic carbocycles. The molecule has 3 nitrogen and oxygen atoms in total. The summed E-state index contributed by atoms with van der Waals surface area (Å²) >= 11 is 0. The van der Waals surface area contributed by atoms with Crippen molar-refractivity contribution in [3.8, 4) is 0 Å². The van der Waals surface area contributed by atoms with Crippen LogP contribution in [0.5, 0.6) is 0 Å². The van der Waals surface area contributed by atoms with Crippen molar-refractivity contribution in [1.29, 1.82) is 0 Å². The van der Waals surface area contributed by atoms with Crippen LogP contribution in [0.2, 0.25) is 0 Å². The molecular formula is C14H17FO3. The Bertz CT molecular complexity index is 407. The third-order valence-corrected chi connectivity index (χ3v) is 3.42. The van der Waals surface area contributed by atoms with Gasteiger partial charge in [0.1, 0.15) is 6.10 Å². The summed E-state index contributed by atoms with van der Waals surface area (Å²) in [5, 5.41) is 9.01. The lowest BCUT2D eigenvalue weighted by Gasteiger charge is -2.34. The van der Waals surface area contributed by atoms with Crippen molar-refractivity contribution in [1.82, 2.24) is 0 Å². The van der Waals surface area contributed by atoms with E-state index in [0.29, 0.717) is 12.8 Å². The fourth-order valence-electron chi connectivity index (χ4n) is 2.33. The monoisotopic (exact) mass is 252 g/mol. The molecule has 1 N–H and O–H groups in total. The summed E-state index contributed by atoms with van der Waals surface area (Å²) in [7, 11) is 0. The lowest BCUT2D eigenvalue weighted by Crippen LogP contribution is -2.49. The Morgan fingerprint density at radius 3 is 2.78 bits per heavy atom. The number of carboxylic acids is 1. The van der Waals surface area contributed by atoms with Crippen molar-refractivity contribution in [2.75, 3.05) is 0 Å². The molecule has 18 heavy (non-hydrogen) atoms. The molecule has 2 rings (SSSR count). The first-order valence-electron chi connectivity index (χ1n) is 6.21. The van der Waals surface area contributed by atoms with Gasteiger partial charge < -0.3 is 9.84 Å². The van der Waals surface area contributed by atoms with Gasteiger partial charge in [0, 0.05) is 0 Å². The minimum Gasteiger partial charge on any atom is -0.479 e. The third kappa shape index (κ3) is 2.70. The lowest BCUT2D eigenvalue weighted by molar-refractivity contribution is -0.169. The fraction of sp³-hybridized carbons (Fsp3) is 0.500. The molecule has 1 aromatic rings. The second kappa shape index (κ2) is 5.48. The van der Waals surface area contributed by atoms with Gasteiger partial charge in [-0.05, 0) is 24.8 Å². The average molecular weight is 252 g/mol. The summed E-state index contributed by atoms with van der Waals surface area (Å²) in [6, 6.07) is 9.40. The van der Waals surface area contributed by atoms with Crippen LogP contribution in [0.4, 0.5) is 4.39 Å². The van der Waals surface area contributed by atoms with Crippen molar-refractivity contribution >= 4 is 5.97 Å². The Hall–Kier alpha value is -1.42. The topological polar surface area (TPSA) is 46.5 Å². The minimum atomic E-state index is -2.23. The largest absolute Gasteiger partial charge is 0.479 e. The fourth-order valence-corrected chi connectivity index (χ4v) is 2.33. The predicted molar refractivity (Wildman–Crippen MR) is 65.0 cm³/mol. The molecule has 0 radical (unpaired) electrons. The Morgan fingerprint density at radius 1 is 1.39 bits per heavy atom. The summed E-state index contributed by atoms with van der Waals surface area (Å²) < 4.78 is 19.8. The molecule has 0 aliphatic heterocycles. The summed E-state index contributed by atoms with van der Waals surface area (Å²) in [5.41, 5.74) is -1.30. The van der Waals surface area contributed by atoms with Crippen LogP contribution in [0.1, 0.15) is 31.2 Å². The van der Waals surface area contributed by atoms with Crippen LogP contribution < -0.4 is 0 Å². The van der Waals surface area contributed by atoms with Gasteiger partial charge in [0.15, 0.2) is 0 Å². The molecule has 1 aliphatic rings. The van der Waals surface area contributed by atoms with E-state index < -0.39 is 17.7 Å². The summed E-state index contributed by atoms with van der Waals surface area (Å²) in [5.74, 6) is -1.40. The van der Waals surface area contributed by atoms with Crippen molar-refractivity contribution in [3.63, 3.8) is 0 Å². The molecule has 1 saturated carbocycles. The zero-order valence-electron chi connectivity index (χ0n) is 10.1. The van der Waals surface area contributed by atoms with Gasteiger partial charge in [0.05, 0.1) is 6.61 Å². The zero-order valence-corrected chi connectivity index (χ0v) is 10.1. The molecule has 1 fully saturated rings. The van der Waals surface area contributed by atoms with E-state index in [1.165, 1.54) is 0 Å². The Kier molecular flexibility index (Phi) is 3.97. The van der Waals surface area contributed by atoms with E-state index in [0.717, 1.165) is 12.0 Å². The van der Waals surface area contributed by atoms with Gasteiger partial charge in [-0.1, -0.05) is 36.8 Å². The standard InChI is InChI=1S/C14H17FO3/c15-14(13(16)17)9-5-4-8-12(14)18-10-11-6-2-1-3-7-11/h1-3,6-7,12H,4-5,8-10H2,(H,16,17). The molecule has 0 aromatic heterocycles. The Morgan fingerprint density at radius 2 is 2.11 bits per heavy atom. The number of carboxylic acid groups (broad SMARTS) is 1. The quantitative estimate of drug-likeness (QED) is 0.896.